The molecule has 1 aromatic rings. The van der Waals surface area contributed by atoms with E-state index >= 15 is 0 Å². The highest BCUT2D eigenvalue weighted by Gasteiger charge is 2.26. The molecule has 2 aliphatic rings. The minimum absolute atomic E-state index is 0.153. The first-order valence-corrected chi connectivity index (χ1v) is 9.37. The second-order valence-electron chi connectivity index (χ2n) is 7.70. The molecule has 2 atom stereocenters. The molecule has 2 aliphatic heterocycles. The number of hydrogen-bond acceptors (Lipinski definition) is 3. The Labute approximate surface area is 150 Å². The fraction of sp³-hybridized carbons (Fsp3) is 0.600. The molecule has 2 saturated heterocycles. The monoisotopic (exact) mass is 343 g/mol. The summed E-state index contributed by atoms with van der Waals surface area (Å²) < 4.78 is 0. The summed E-state index contributed by atoms with van der Waals surface area (Å²) in [4.78, 5) is 28.4. The zero-order chi connectivity index (χ0) is 18.0. The summed E-state index contributed by atoms with van der Waals surface area (Å²) in [6.07, 6.45) is 2.74. The van der Waals surface area contributed by atoms with Gasteiger partial charge in [-0.2, -0.15) is 0 Å². The van der Waals surface area contributed by atoms with Gasteiger partial charge >= 0.3 is 0 Å². The van der Waals surface area contributed by atoms with Crippen LogP contribution in [0.4, 0.5) is 11.4 Å². The van der Waals surface area contributed by atoms with Gasteiger partial charge in [0.25, 0.3) is 0 Å². The first-order chi connectivity index (χ1) is 12.0. The number of carbonyl (C=O) groups excluding carboxylic acids is 2. The highest BCUT2D eigenvalue weighted by molar-refractivity contribution is 5.97. The van der Waals surface area contributed by atoms with E-state index in [2.05, 4.69) is 19.2 Å². The van der Waals surface area contributed by atoms with Crippen LogP contribution in [-0.4, -0.2) is 42.9 Å². The summed E-state index contributed by atoms with van der Waals surface area (Å²) in [7, 11) is 0. The summed E-state index contributed by atoms with van der Waals surface area (Å²) in [6.45, 7) is 9.23. The standard InChI is InChI=1S/C20H29N3O2/c1-14-10-15(2)13-22(12-14)20(25)11-21-17-6-4-7-18(16(17)3)23-9-5-8-19(23)24/h4,6-7,14-15,21H,5,8-13H2,1-3H3/t14-,15-/m1/s1. The first kappa shape index (κ1) is 17.8. The molecule has 1 N–H and O–H groups in total. The van der Waals surface area contributed by atoms with E-state index in [4.69, 9.17) is 0 Å². The molecule has 0 saturated carbocycles. The Hall–Kier alpha value is -2.04. The van der Waals surface area contributed by atoms with Gasteiger partial charge in [0.1, 0.15) is 0 Å². The first-order valence-electron chi connectivity index (χ1n) is 9.37. The molecular weight excluding hydrogens is 314 g/mol. The molecule has 0 spiro atoms. The van der Waals surface area contributed by atoms with E-state index in [1.54, 1.807) is 0 Å². The lowest BCUT2D eigenvalue weighted by atomic mass is 9.92. The molecule has 5 nitrogen and oxygen atoms in total. The SMILES string of the molecule is Cc1c(NCC(=O)N2C[C@H](C)C[C@@H](C)C2)cccc1N1CCCC1=O. The van der Waals surface area contributed by atoms with Crippen LogP contribution in [0.2, 0.25) is 0 Å². The Kier molecular flexibility index (Phi) is 5.30. The predicted molar refractivity (Wildman–Crippen MR) is 101 cm³/mol. The highest BCUT2D eigenvalue weighted by atomic mass is 16.2. The fourth-order valence-corrected chi connectivity index (χ4v) is 4.16. The van der Waals surface area contributed by atoms with Gasteiger partial charge in [-0.25, -0.2) is 0 Å². The van der Waals surface area contributed by atoms with Gasteiger partial charge in [-0.3, -0.25) is 9.59 Å². The van der Waals surface area contributed by atoms with E-state index < -0.39 is 0 Å². The van der Waals surface area contributed by atoms with Crippen LogP contribution in [0.5, 0.6) is 0 Å². The van der Waals surface area contributed by atoms with Crippen molar-refractivity contribution in [1.82, 2.24) is 4.90 Å². The molecule has 0 radical (unpaired) electrons. The van der Waals surface area contributed by atoms with Crippen molar-refractivity contribution in [3.8, 4) is 0 Å². The average molecular weight is 343 g/mol. The molecule has 25 heavy (non-hydrogen) atoms. The van der Waals surface area contributed by atoms with Gasteiger partial charge in [0.05, 0.1) is 6.54 Å². The topological polar surface area (TPSA) is 52.7 Å². The molecule has 136 valence electrons. The molecule has 1 aromatic carbocycles. The number of likely N-dealkylation sites (tertiary alicyclic amines) is 1. The normalized spacial score (nSPS) is 23.9. The van der Waals surface area contributed by atoms with Crippen molar-refractivity contribution in [3.05, 3.63) is 23.8 Å². The number of hydrogen-bond donors (Lipinski definition) is 1. The molecule has 2 amide bonds. The van der Waals surface area contributed by atoms with Crippen molar-refractivity contribution in [1.29, 1.82) is 0 Å². The maximum atomic E-state index is 12.6. The Morgan fingerprint density at radius 2 is 1.96 bits per heavy atom. The lowest BCUT2D eigenvalue weighted by molar-refractivity contribution is -0.131. The summed E-state index contributed by atoms with van der Waals surface area (Å²) in [5.41, 5.74) is 2.93. The van der Waals surface area contributed by atoms with Gasteiger partial charge < -0.3 is 15.1 Å². The number of anilines is 2. The van der Waals surface area contributed by atoms with Gasteiger partial charge in [0.15, 0.2) is 0 Å². The number of rotatable bonds is 4. The van der Waals surface area contributed by atoms with Crippen molar-refractivity contribution in [2.24, 2.45) is 11.8 Å². The highest BCUT2D eigenvalue weighted by Crippen LogP contribution is 2.30. The summed E-state index contributed by atoms with van der Waals surface area (Å²) in [6, 6.07) is 5.92. The Morgan fingerprint density at radius 3 is 2.60 bits per heavy atom. The van der Waals surface area contributed by atoms with Crippen molar-refractivity contribution >= 4 is 23.2 Å². The lowest BCUT2D eigenvalue weighted by Gasteiger charge is -2.35. The second kappa shape index (κ2) is 7.46. The number of amides is 2. The van der Waals surface area contributed by atoms with Crippen LogP contribution >= 0.6 is 0 Å². The van der Waals surface area contributed by atoms with Gasteiger partial charge in [0, 0.05) is 37.4 Å². The third-order valence-electron chi connectivity index (χ3n) is 5.32. The minimum Gasteiger partial charge on any atom is -0.376 e. The van der Waals surface area contributed by atoms with Gasteiger partial charge in [-0.1, -0.05) is 19.9 Å². The molecule has 0 aliphatic carbocycles. The molecule has 3 rings (SSSR count). The van der Waals surface area contributed by atoms with E-state index in [-0.39, 0.29) is 11.8 Å². The average Bonchev–Trinajstić information content (AvgIpc) is 2.98. The van der Waals surface area contributed by atoms with E-state index in [1.807, 2.05) is 34.9 Å². The van der Waals surface area contributed by atoms with Crippen LogP contribution in [0.1, 0.15) is 38.7 Å². The maximum Gasteiger partial charge on any atom is 0.241 e. The van der Waals surface area contributed by atoms with E-state index in [1.165, 1.54) is 6.42 Å². The largest absolute Gasteiger partial charge is 0.376 e. The van der Waals surface area contributed by atoms with Crippen molar-refractivity contribution in [3.63, 3.8) is 0 Å². The predicted octanol–water partition coefficient (Wildman–Crippen LogP) is 3.04. The maximum absolute atomic E-state index is 12.6. The smallest absolute Gasteiger partial charge is 0.241 e. The van der Waals surface area contributed by atoms with Gasteiger partial charge in [-0.05, 0) is 49.3 Å². The second-order valence-corrected chi connectivity index (χ2v) is 7.70. The van der Waals surface area contributed by atoms with Crippen LogP contribution in [0.25, 0.3) is 0 Å². The fourth-order valence-electron chi connectivity index (χ4n) is 4.16. The van der Waals surface area contributed by atoms with Crippen LogP contribution in [0, 0.1) is 18.8 Å². The van der Waals surface area contributed by atoms with Gasteiger partial charge in [0.2, 0.25) is 11.8 Å². The van der Waals surface area contributed by atoms with E-state index in [0.29, 0.717) is 24.8 Å². The van der Waals surface area contributed by atoms with Crippen molar-refractivity contribution in [2.45, 2.75) is 40.0 Å². The lowest BCUT2D eigenvalue weighted by Crippen LogP contribution is -2.44. The molecule has 5 heteroatoms. The summed E-state index contributed by atoms with van der Waals surface area (Å²) in [5, 5.41) is 3.29. The number of piperidine rings is 1. The quantitative estimate of drug-likeness (QED) is 0.914. The summed E-state index contributed by atoms with van der Waals surface area (Å²) in [5.74, 6) is 1.48. The number of carbonyl (C=O) groups is 2. The third kappa shape index (κ3) is 3.97. The van der Waals surface area contributed by atoms with Gasteiger partial charge in [-0.15, -0.1) is 0 Å². The van der Waals surface area contributed by atoms with Crippen LogP contribution in [0.15, 0.2) is 18.2 Å². The number of nitrogens with one attached hydrogen (secondary N) is 1. The Balaban J connectivity index is 1.65. The molecule has 0 aromatic heterocycles. The number of benzene rings is 1. The molecular formula is C20H29N3O2. The zero-order valence-electron chi connectivity index (χ0n) is 15.5. The third-order valence-corrected chi connectivity index (χ3v) is 5.32. The Bertz CT molecular complexity index is 648. The zero-order valence-corrected chi connectivity index (χ0v) is 15.5. The number of nitrogens with zero attached hydrogens (tertiary/aromatic N) is 2. The van der Waals surface area contributed by atoms with Crippen molar-refractivity contribution < 1.29 is 9.59 Å². The molecule has 2 fully saturated rings. The van der Waals surface area contributed by atoms with Crippen LogP contribution in [0.3, 0.4) is 0 Å². The minimum atomic E-state index is 0.153. The van der Waals surface area contributed by atoms with E-state index in [0.717, 1.165) is 43.0 Å². The summed E-state index contributed by atoms with van der Waals surface area (Å²) >= 11 is 0. The van der Waals surface area contributed by atoms with Crippen LogP contribution < -0.4 is 10.2 Å². The van der Waals surface area contributed by atoms with E-state index in [9.17, 15) is 9.59 Å². The van der Waals surface area contributed by atoms with Crippen LogP contribution in [-0.2, 0) is 9.59 Å². The molecule has 0 unspecified atom stereocenters. The van der Waals surface area contributed by atoms with Crippen molar-refractivity contribution in [2.75, 3.05) is 36.4 Å². The Morgan fingerprint density at radius 1 is 1.24 bits per heavy atom. The molecule has 2 heterocycles. The molecule has 0 bridgehead atoms.